The lowest BCUT2D eigenvalue weighted by molar-refractivity contribution is 0.332. The quantitative estimate of drug-likeness (QED) is 0.646. The molecule has 1 aromatic heterocycles. The first-order valence-corrected chi connectivity index (χ1v) is 6.45. The molecular weight excluding hydrogens is 254 g/mol. The average molecular weight is 267 g/mol. The molecule has 0 bridgehead atoms. The Morgan fingerprint density at radius 3 is 3.12 bits per heavy atom. The van der Waals surface area contributed by atoms with E-state index in [9.17, 15) is 0 Å². The smallest absolute Gasteiger partial charge is 0.204 e. The molecule has 1 heterocycles. The number of nitrogens with zero attached hydrogens (tertiary/aromatic N) is 1. The molecule has 2 rings (SSSR count). The predicted molar refractivity (Wildman–Crippen MR) is 72.5 cm³/mol. The van der Waals surface area contributed by atoms with E-state index in [-0.39, 0.29) is 0 Å². The van der Waals surface area contributed by atoms with E-state index in [1.54, 1.807) is 0 Å². The van der Waals surface area contributed by atoms with E-state index in [2.05, 4.69) is 15.5 Å². The molecule has 6 heteroatoms. The highest BCUT2D eigenvalue weighted by atomic mass is 32.1. The number of aromatic nitrogens is 2. The molecule has 2 aromatic rings. The Kier molecular flexibility index (Phi) is 4.11. The third-order valence-corrected chi connectivity index (χ3v) is 3.12. The largest absolute Gasteiger partial charge is 0.492 e. The van der Waals surface area contributed by atoms with E-state index >= 15 is 0 Å². The molecule has 0 amide bonds. The molecule has 1 aromatic carbocycles. The van der Waals surface area contributed by atoms with Gasteiger partial charge >= 0.3 is 0 Å². The van der Waals surface area contributed by atoms with Gasteiger partial charge in [-0.05, 0) is 36.8 Å². The van der Waals surface area contributed by atoms with Crippen LogP contribution >= 0.6 is 23.6 Å². The summed E-state index contributed by atoms with van der Waals surface area (Å²) in [6.45, 7) is 3.33. The van der Waals surface area contributed by atoms with Gasteiger partial charge in [0.2, 0.25) is 5.13 Å². The van der Waals surface area contributed by atoms with Gasteiger partial charge in [0.15, 0.2) is 3.95 Å². The van der Waals surface area contributed by atoms with Crippen molar-refractivity contribution in [3.63, 3.8) is 0 Å². The van der Waals surface area contributed by atoms with Crippen molar-refractivity contribution in [1.29, 1.82) is 0 Å². The first-order valence-electron chi connectivity index (χ1n) is 5.23. The zero-order valence-corrected chi connectivity index (χ0v) is 11.0. The van der Waals surface area contributed by atoms with Crippen LogP contribution in [0.15, 0.2) is 24.3 Å². The number of ether oxygens (including phenoxy) is 1. The highest BCUT2D eigenvalue weighted by Gasteiger charge is 1.97. The van der Waals surface area contributed by atoms with E-state index in [1.807, 2.05) is 31.2 Å². The average Bonchev–Trinajstić information content (AvgIpc) is 2.71. The number of aromatic amines is 1. The Morgan fingerprint density at radius 2 is 2.41 bits per heavy atom. The summed E-state index contributed by atoms with van der Waals surface area (Å²) in [5, 5.41) is 10.6. The maximum absolute atomic E-state index is 5.59. The number of nitrogens with one attached hydrogen (secondary N) is 2. The van der Waals surface area contributed by atoms with Crippen LogP contribution < -0.4 is 10.1 Å². The summed E-state index contributed by atoms with van der Waals surface area (Å²) < 4.78 is 6.27. The lowest BCUT2D eigenvalue weighted by Gasteiger charge is -2.06. The SMILES string of the molecule is Cc1cccc(OCCNc2n[nH]c(=S)s2)c1. The molecule has 2 N–H and O–H groups in total. The first kappa shape index (κ1) is 12.1. The van der Waals surface area contributed by atoms with Crippen molar-refractivity contribution in [2.45, 2.75) is 6.92 Å². The van der Waals surface area contributed by atoms with E-state index in [0.29, 0.717) is 17.1 Å². The van der Waals surface area contributed by atoms with Gasteiger partial charge in [-0.1, -0.05) is 23.5 Å². The normalized spacial score (nSPS) is 10.2. The molecule has 0 saturated heterocycles. The minimum atomic E-state index is 0.593. The van der Waals surface area contributed by atoms with Gasteiger partial charge < -0.3 is 10.1 Å². The summed E-state index contributed by atoms with van der Waals surface area (Å²) in [5.41, 5.74) is 1.20. The molecule has 0 aliphatic rings. The Morgan fingerprint density at radius 1 is 1.53 bits per heavy atom. The van der Waals surface area contributed by atoms with Crippen LogP contribution in [-0.4, -0.2) is 23.3 Å². The van der Waals surface area contributed by atoms with E-state index < -0.39 is 0 Å². The third kappa shape index (κ3) is 3.83. The fourth-order valence-electron chi connectivity index (χ4n) is 1.34. The Bertz CT molecular complexity index is 535. The van der Waals surface area contributed by atoms with Crippen LogP contribution in [0.25, 0.3) is 0 Å². The second kappa shape index (κ2) is 5.79. The molecule has 0 aliphatic carbocycles. The summed E-state index contributed by atoms with van der Waals surface area (Å²) in [7, 11) is 0. The Balaban J connectivity index is 1.75. The molecule has 0 spiro atoms. The summed E-state index contributed by atoms with van der Waals surface area (Å²) in [5.74, 6) is 0.890. The number of anilines is 1. The maximum Gasteiger partial charge on any atom is 0.204 e. The van der Waals surface area contributed by atoms with Gasteiger partial charge in [0.05, 0.1) is 6.54 Å². The molecular formula is C11H13N3OS2. The highest BCUT2D eigenvalue weighted by Crippen LogP contribution is 2.13. The number of hydrogen-bond donors (Lipinski definition) is 2. The molecule has 90 valence electrons. The van der Waals surface area contributed by atoms with Gasteiger partial charge in [-0.15, -0.1) is 5.10 Å². The monoisotopic (exact) mass is 267 g/mol. The van der Waals surface area contributed by atoms with Crippen LogP contribution in [-0.2, 0) is 0 Å². The van der Waals surface area contributed by atoms with Gasteiger partial charge in [0.25, 0.3) is 0 Å². The lowest BCUT2D eigenvalue weighted by Crippen LogP contribution is -2.11. The topological polar surface area (TPSA) is 49.9 Å². The van der Waals surface area contributed by atoms with Crippen LogP contribution in [0.2, 0.25) is 0 Å². The van der Waals surface area contributed by atoms with Crippen LogP contribution in [0, 0.1) is 10.9 Å². The summed E-state index contributed by atoms with van der Waals surface area (Å²) >= 11 is 6.35. The van der Waals surface area contributed by atoms with Crippen molar-refractivity contribution < 1.29 is 4.74 Å². The standard InChI is InChI=1S/C11H13N3OS2/c1-8-3-2-4-9(7-8)15-6-5-12-10-13-14-11(16)17-10/h2-4,7H,5-6H2,1H3,(H,12,13)(H,14,16). The van der Waals surface area contributed by atoms with Gasteiger partial charge in [-0.25, -0.2) is 0 Å². The predicted octanol–water partition coefficient (Wildman–Crippen LogP) is 3.00. The number of rotatable bonds is 5. The Hall–Kier alpha value is -1.40. The number of aryl methyl sites for hydroxylation is 1. The zero-order valence-electron chi connectivity index (χ0n) is 9.40. The van der Waals surface area contributed by atoms with Gasteiger partial charge in [0, 0.05) is 0 Å². The fraction of sp³-hybridized carbons (Fsp3) is 0.273. The molecule has 0 radical (unpaired) electrons. The maximum atomic E-state index is 5.59. The van der Waals surface area contributed by atoms with E-state index in [4.69, 9.17) is 17.0 Å². The van der Waals surface area contributed by atoms with E-state index in [1.165, 1.54) is 16.9 Å². The lowest BCUT2D eigenvalue weighted by atomic mass is 10.2. The molecule has 0 saturated carbocycles. The second-order valence-corrected chi connectivity index (χ2v) is 5.18. The van der Waals surface area contributed by atoms with Crippen molar-refractivity contribution in [1.82, 2.24) is 10.2 Å². The molecule has 0 atom stereocenters. The molecule has 0 aliphatic heterocycles. The van der Waals surface area contributed by atoms with Crippen molar-refractivity contribution in [2.75, 3.05) is 18.5 Å². The fourth-order valence-corrected chi connectivity index (χ4v) is 2.15. The van der Waals surface area contributed by atoms with Crippen LogP contribution in [0.4, 0.5) is 5.13 Å². The van der Waals surface area contributed by atoms with Gasteiger partial charge in [0.1, 0.15) is 12.4 Å². The first-order chi connectivity index (χ1) is 8.24. The number of H-pyrrole nitrogens is 1. The molecule has 0 fully saturated rings. The molecule has 17 heavy (non-hydrogen) atoms. The van der Waals surface area contributed by atoms with Crippen LogP contribution in [0.1, 0.15) is 5.56 Å². The third-order valence-electron chi connectivity index (χ3n) is 2.07. The molecule has 0 unspecified atom stereocenters. The van der Waals surface area contributed by atoms with Gasteiger partial charge in [-0.3, -0.25) is 5.10 Å². The summed E-state index contributed by atoms with van der Waals surface area (Å²) in [6, 6.07) is 7.99. The second-order valence-electron chi connectivity index (χ2n) is 3.51. The van der Waals surface area contributed by atoms with Crippen LogP contribution in [0.3, 0.4) is 0 Å². The Labute approximate surface area is 109 Å². The van der Waals surface area contributed by atoms with Crippen molar-refractivity contribution in [3.8, 4) is 5.75 Å². The van der Waals surface area contributed by atoms with E-state index in [0.717, 1.165) is 10.9 Å². The van der Waals surface area contributed by atoms with Crippen LogP contribution in [0.5, 0.6) is 5.75 Å². The summed E-state index contributed by atoms with van der Waals surface area (Å²) in [4.78, 5) is 0. The van der Waals surface area contributed by atoms with Crippen molar-refractivity contribution in [2.24, 2.45) is 0 Å². The highest BCUT2D eigenvalue weighted by molar-refractivity contribution is 7.73. The molecule has 4 nitrogen and oxygen atoms in total. The number of benzene rings is 1. The minimum absolute atomic E-state index is 0.593. The van der Waals surface area contributed by atoms with Crippen molar-refractivity contribution >= 4 is 28.7 Å². The summed E-state index contributed by atoms with van der Waals surface area (Å²) in [6.07, 6.45) is 0. The number of hydrogen-bond acceptors (Lipinski definition) is 5. The van der Waals surface area contributed by atoms with Gasteiger partial charge in [-0.2, -0.15) is 0 Å². The minimum Gasteiger partial charge on any atom is -0.492 e. The van der Waals surface area contributed by atoms with Crippen molar-refractivity contribution in [3.05, 3.63) is 33.8 Å². The zero-order chi connectivity index (χ0) is 12.1.